The maximum Gasteiger partial charge on any atom is 0.328 e. The van der Waals surface area contributed by atoms with Crippen LogP contribution in [0.5, 0.6) is 0 Å². The molecule has 0 saturated carbocycles. The summed E-state index contributed by atoms with van der Waals surface area (Å²) >= 11 is 0. The van der Waals surface area contributed by atoms with Crippen molar-refractivity contribution in [3.63, 3.8) is 0 Å². The number of carbonyl (C=O) groups is 3. The number of nitrogens with one attached hydrogen (secondary N) is 2. The summed E-state index contributed by atoms with van der Waals surface area (Å²) in [5.74, 6) is -1.23. The van der Waals surface area contributed by atoms with Crippen molar-refractivity contribution in [1.29, 1.82) is 0 Å². The Morgan fingerprint density at radius 2 is 1.59 bits per heavy atom. The Morgan fingerprint density at radius 3 is 1.94 bits per heavy atom. The molecular weight excluding hydrogens is 220 g/mol. The highest BCUT2D eigenvalue weighted by Gasteiger charge is 2.56. The first kappa shape index (κ1) is 13.2. The minimum atomic E-state index is -1.42. The molecule has 1 aliphatic heterocycles. The zero-order valence-corrected chi connectivity index (χ0v) is 10.4. The third-order valence-electron chi connectivity index (χ3n) is 2.82. The SMILES string of the molecule is CC=C=CC1(C(C)(C)C)C(=O)NC(=O)NC1=O. The number of urea groups is 1. The molecule has 0 unspecified atom stereocenters. The Labute approximate surface area is 100.0 Å². The molecule has 0 aromatic carbocycles. The first-order valence-electron chi connectivity index (χ1n) is 5.31. The molecular formula is C12H16N2O3. The van der Waals surface area contributed by atoms with E-state index in [9.17, 15) is 14.4 Å². The van der Waals surface area contributed by atoms with E-state index in [-0.39, 0.29) is 0 Å². The molecule has 17 heavy (non-hydrogen) atoms. The van der Waals surface area contributed by atoms with Gasteiger partial charge in [-0.2, -0.15) is 0 Å². The molecule has 1 heterocycles. The molecule has 1 saturated heterocycles. The summed E-state index contributed by atoms with van der Waals surface area (Å²) in [5.41, 5.74) is 0.666. The number of rotatable bonds is 1. The molecule has 92 valence electrons. The van der Waals surface area contributed by atoms with Crippen molar-refractivity contribution in [2.75, 3.05) is 0 Å². The fourth-order valence-corrected chi connectivity index (χ4v) is 1.77. The Balaban J connectivity index is 3.42. The second kappa shape index (κ2) is 4.18. The largest absolute Gasteiger partial charge is 0.328 e. The summed E-state index contributed by atoms with van der Waals surface area (Å²) in [6.07, 6.45) is 3.01. The van der Waals surface area contributed by atoms with Crippen molar-refractivity contribution >= 4 is 17.8 Å². The van der Waals surface area contributed by atoms with Gasteiger partial charge in [0.1, 0.15) is 0 Å². The van der Waals surface area contributed by atoms with E-state index in [0.717, 1.165) is 0 Å². The van der Waals surface area contributed by atoms with Gasteiger partial charge in [-0.15, -0.1) is 5.73 Å². The molecule has 1 aliphatic rings. The van der Waals surface area contributed by atoms with Crippen molar-refractivity contribution < 1.29 is 14.4 Å². The lowest BCUT2D eigenvalue weighted by Crippen LogP contribution is -2.65. The molecule has 4 amide bonds. The predicted molar refractivity (Wildman–Crippen MR) is 61.9 cm³/mol. The molecule has 1 rings (SSSR count). The van der Waals surface area contributed by atoms with Crippen LogP contribution in [0.15, 0.2) is 17.9 Å². The Kier molecular flexibility index (Phi) is 3.25. The first-order chi connectivity index (χ1) is 7.75. The van der Waals surface area contributed by atoms with E-state index in [1.54, 1.807) is 33.8 Å². The molecule has 5 heteroatoms. The van der Waals surface area contributed by atoms with Crippen LogP contribution in [-0.2, 0) is 9.59 Å². The van der Waals surface area contributed by atoms with Gasteiger partial charge in [0.25, 0.3) is 0 Å². The highest BCUT2D eigenvalue weighted by Crippen LogP contribution is 2.41. The van der Waals surface area contributed by atoms with E-state index in [4.69, 9.17) is 0 Å². The van der Waals surface area contributed by atoms with Crippen LogP contribution >= 0.6 is 0 Å². The zero-order valence-electron chi connectivity index (χ0n) is 10.4. The lowest BCUT2D eigenvalue weighted by Gasteiger charge is -2.40. The monoisotopic (exact) mass is 236 g/mol. The molecule has 0 aromatic heterocycles. The Bertz CT molecular complexity index is 417. The summed E-state index contributed by atoms with van der Waals surface area (Å²) in [7, 11) is 0. The summed E-state index contributed by atoms with van der Waals surface area (Å²) in [4.78, 5) is 35.1. The van der Waals surface area contributed by atoms with Gasteiger partial charge in [0.15, 0.2) is 5.41 Å². The first-order valence-corrected chi connectivity index (χ1v) is 5.31. The van der Waals surface area contributed by atoms with Gasteiger partial charge in [0.2, 0.25) is 11.8 Å². The van der Waals surface area contributed by atoms with Crippen molar-refractivity contribution in [2.45, 2.75) is 27.7 Å². The van der Waals surface area contributed by atoms with E-state index in [1.165, 1.54) is 6.08 Å². The van der Waals surface area contributed by atoms with Crippen LogP contribution in [0.25, 0.3) is 0 Å². The number of barbiturate groups is 1. The number of imide groups is 2. The van der Waals surface area contributed by atoms with Gasteiger partial charge in [-0.05, 0) is 24.5 Å². The van der Waals surface area contributed by atoms with Crippen LogP contribution in [0.3, 0.4) is 0 Å². The van der Waals surface area contributed by atoms with Crippen LogP contribution in [0.2, 0.25) is 0 Å². The second-order valence-corrected chi connectivity index (χ2v) is 4.90. The van der Waals surface area contributed by atoms with E-state index in [0.29, 0.717) is 0 Å². The standard InChI is InChI=1S/C12H16N2O3/c1-5-6-7-12(11(2,3)4)8(15)13-10(17)14-9(12)16/h5,7H,1-4H3,(H2,13,14,15,16,17). The lowest BCUT2D eigenvalue weighted by atomic mass is 9.64. The summed E-state index contributed by atoms with van der Waals surface area (Å²) in [6, 6.07) is -0.784. The molecule has 0 spiro atoms. The minimum absolute atomic E-state index is 0.617. The van der Waals surface area contributed by atoms with Gasteiger partial charge in [-0.1, -0.05) is 20.8 Å². The molecule has 2 N–H and O–H groups in total. The Morgan fingerprint density at radius 1 is 1.12 bits per heavy atom. The van der Waals surface area contributed by atoms with E-state index < -0.39 is 28.7 Å². The van der Waals surface area contributed by atoms with E-state index in [1.807, 2.05) is 0 Å². The highest BCUT2D eigenvalue weighted by atomic mass is 16.2. The fraction of sp³-hybridized carbons (Fsp3) is 0.500. The molecule has 1 fully saturated rings. The average Bonchev–Trinajstić information content (AvgIpc) is 2.14. The van der Waals surface area contributed by atoms with E-state index >= 15 is 0 Å². The number of hydrogen-bond donors (Lipinski definition) is 2. The smallest absolute Gasteiger partial charge is 0.277 e. The average molecular weight is 236 g/mol. The molecule has 0 aromatic rings. The lowest BCUT2D eigenvalue weighted by molar-refractivity contribution is -0.147. The van der Waals surface area contributed by atoms with Crippen LogP contribution in [0, 0.1) is 10.8 Å². The molecule has 0 aliphatic carbocycles. The number of carbonyl (C=O) groups excluding carboxylic acids is 3. The molecule has 0 bridgehead atoms. The molecule has 5 nitrogen and oxygen atoms in total. The van der Waals surface area contributed by atoms with Gasteiger partial charge in [-0.25, -0.2) is 4.79 Å². The number of amides is 4. The molecule has 0 atom stereocenters. The third kappa shape index (κ3) is 2.01. The van der Waals surface area contributed by atoms with Gasteiger partial charge in [0.05, 0.1) is 0 Å². The highest BCUT2D eigenvalue weighted by molar-refractivity contribution is 6.20. The number of hydrogen-bond acceptors (Lipinski definition) is 3. The van der Waals surface area contributed by atoms with E-state index in [2.05, 4.69) is 16.4 Å². The second-order valence-electron chi connectivity index (χ2n) is 4.90. The predicted octanol–water partition coefficient (Wildman–Crippen LogP) is 1.12. The zero-order chi connectivity index (χ0) is 13.3. The van der Waals surface area contributed by atoms with Crippen LogP contribution in [-0.4, -0.2) is 17.8 Å². The quantitative estimate of drug-likeness (QED) is 0.529. The van der Waals surface area contributed by atoms with Gasteiger partial charge in [0, 0.05) is 0 Å². The van der Waals surface area contributed by atoms with Crippen molar-refractivity contribution in [3.8, 4) is 0 Å². The van der Waals surface area contributed by atoms with Crippen molar-refractivity contribution in [3.05, 3.63) is 17.9 Å². The van der Waals surface area contributed by atoms with Crippen molar-refractivity contribution in [2.24, 2.45) is 10.8 Å². The normalized spacial score (nSPS) is 18.9. The van der Waals surface area contributed by atoms with Gasteiger partial charge in [-0.3, -0.25) is 20.2 Å². The summed E-state index contributed by atoms with van der Waals surface area (Å²) < 4.78 is 0. The minimum Gasteiger partial charge on any atom is -0.277 e. The maximum absolute atomic E-state index is 12.0. The van der Waals surface area contributed by atoms with Gasteiger partial charge >= 0.3 is 6.03 Å². The summed E-state index contributed by atoms with van der Waals surface area (Å²) in [6.45, 7) is 7.01. The fourth-order valence-electron chi connectivity index (χ4n) is 1.77. The van der Waals surface area contributed by atoms with Crippen LogP contribution in [0.1, 0.15) is 27.7 Å². The summed E-state index contributed by atoms with van der Waals surface area (Å²) in [5, 5.41) is 4.24. The van der Waals surface area contributed by atoms with Crippen LogP contribution < -0.4 is 10.6 Å². The Hall–Kier alpha value is -1.87. The van der Waals surface area contributed by atoms with Gasteiger partial charge < -0.3 is 0 Å². The third-order valence-corrected chi connectivity index (χ3v) is 2.82. The van der Waals surface area contributed by atoms with Crippen LogP contribution in [0.4, 0.5) is 4.79 Å². The van der Waals surface area contributed by atoms with Crippen molar-refractivity contribution in [1.82, 2.24) is 10.6 Å². The molecule has 0 radical (unpaired) electrons. The topological polar surface area (TPSA) is 75.3 Å². The maximum atomic E-state index is 12.0.